The number of ether oxygens (including phenoxy) is 1. The van der Waals surface area contributed by atoms with Crippen LogP contribution in [0.3, 0.4) is 0 Å². The smallest absolute Gasteiger partial charge is 0.392 e. The Labute approximate surface area is 414 Å². The lowest BCUT2D eigenvalue weighted by Gasteiger charge is -2.34. The Balaban J connectivity index is 1.18. The minimum Gasteiger partial charge on any atom is -0.392 e. The zero-order valence-corrected chi connectivity index (χ0v) is 41.8. The van der Waals surface area contributed by atoms with Crippen LogP contribution in [0.2, 0.25) is 0 Å². The molecule has 0 saturated heterocycles. The molecule has 0 radical (unpaired) electrons. The Morgan fingerprint density at radius 3 is 1.78 bits per heavy atom. The number of aromatic nitrogens is 3. The summed E-state index contributed by atoms with van der Waals surface area (Å²) < 4.78 is 52.8. The van der Waals surface area contributed by atoms with Crippen molar-refractivity contribution in [2.75, 3.05) is 0 Å². The molecule has 7 aromatic carbocycles. The van der Waals surface area contributed by atoms with Crippen LogP contribution in [-0.2, 0) is 11.3 Å². The molecule has 4 heteroatoms. The molecule has 1 spiro atoms. The van der Waals surface area contributed by atoms with Crippen molar-refractivity contribution in [2.45, 2.75) is 111 Å². The van der Waals surface area contributed by atoms with E-state index in [1.807, 2.05) is 85.7 Å². The van der Waals surface area contributed by atoms with Crippen molar-refractivity contribution in [3.63, 3.8) is 0 Å². The molecule has 1 unspecified atom stereocenters. The molecule has 4 nitrogen and oxygen atoms in total. The summed E-state index contributed by atoms with van der Waals surface area (Å²) in [6.07, 6.45) is 2.20. The van der Waals surface area contributed by atoms with Gasteiger partial charge < -0.3 is 4.74 Å². The lowest BCUT2D eigenvalue weighted by Crippen LogP contribution is -2.78. The quantitative estimate of drug-likeness (QED) is 0.139. The fourth-order valence-electron chi connectivity index (χ4n) is 11.4. The summed E-state index contributed by atoms with van der Waals surface area (Å²) in [5, 5.41) is 0. The van der Waals surface area contributed by atoms with Crippen molar-refractivity contribution in [2.24, 2.45) is 0 Å². The summed E-state index contributed by atoms with van der Waals surface area (Å²) in [7, 11) is 0. The van der Waals surface area contributed by atoms with E-state index in [2.05, 4.69) is 162 Å². The van der Waals surface area contributed by atoms with Gasteiger partial charge >= 0.3 is 11.7 Å². The Bertz CT molecular complexity index is 3730. The van der Waals surface area contributed by atoms with Crippen molar-refractivity contribution in [3.8, 4) is 78.6 Å². The average molecular weight is 906 g/mol. The standard InChI is InChI=1S/C65H63N3O/c1-38(2)47-33-53(41(7)8)62-56(34-47)63-67(49-29-27-45(28-30-49)59-50(39(3)4)19-15-20-51(59)40(5)6)57-22-16-21-52-54-36-48(64(9,10)11)37-55-58-35-46(44-25-23-43(24-26-44)42-17-13-12-14-18-42)31-32-66(58)65(69-62,60(54)55)68(63)61(52)57/h12-41H,1-11H3/q+2/i38D,39D,40D,41D. The maximum Gasteiger partial charge on any atom is 0.499 e. The number of fused-ring (bicyclic) bond motifs is 5. The summed E-state index contributed by atoms with van der Waals surface area (Å²) in [5.74, 6) is -3.61. The first-order chi connectivity index (χ1) is 34.4. The van der Waals surface area contributed by atoms with E-state index in [0.717, 1.165) is 101 Å². The van der Waals surface area contributed by atoms with Gasteiger partial charge in [0.2, 0.25) is 5.69 Å². The van der Waals surface area contributed by atoms with Crippen molar-refractivity contribution in [3.05, 3.63) is 191 Å². The van der Waals surface area contributed by atoms with Crippen molar-refractivity contribution >= 4 is 11.0 Å². The van der Waals surface area contributed by atoms with Crippen LogP contribution >= 0.6 is 0 Å². The summed E-state index contributed by atoms with van der Waals surface area (Å²) in [6, 6.07) is 54.1. The van der Waals surface area contributed by atoms with E-state index < -0.39 is 29.4 Å². The van der Waals surface area contributed by atoms with E-state index in [0.29, 0.717) is 5.75 Å². The van der Waals surface area contributed by atoms with Crippen LogP contribution in [0.4, 0.5) is 0 Å². The third-order valence-corrected chi connectivity index (χ3v) is 15.0. The van der Waals surface area contributed by atoms with E-state index in [4.69, 9.17) is 4.74 Å². The molecule has 69 heavy (non-hydrogen) atoms. The zero-order chi connectivity index (χ0) is 51.5. The monoisotopic (exact) mass is 906 g/mol. The highest BCUT2D eigenvalue weighted by Crippen LogP contribution is 2.56. The highest BCUT2D eigenvalue weighted by Gasteiger charge is 2.69. The Morgan fingerprint density at radius 1 is 0.536 bits per heavy atom. The summed E-state index contributed by atoms with van der Waals surface area (Å²) in [6.45, 7) is 22.2. The number of pyridine rings is 1. The minimum atomic E-state index is -1.25. The van der Waals surface area contributed by atoms with Gasteiger partial charge in [0.15, 0.2) is 23.0 Å². The molecule has 2 aromatic heterocycles. The molecule has 1 atom stereocenters. The van der Waals surface area contributed by atoms with Gasteiger partial charge in [-0.3, -0.25) is 0 Å². The average Bonchev–Trinajstić information content (AvgIpc) is 3.84. The number of imidazole rings is 1. The fraction of sp³-hybridized carbons (Fsp3) is 0.262. The summed E-state index contributed by atoms with van der Waals surface area (Å²) in [4.78, 5) is 0. The van der Waals surface area contributed by atoms with E-state index in [9.17, 15) is 5.48 Å². The molecule has 0 bridgehead atoms. The van der Waals surface area contributed by atoms with E-state index >= 15 is 0 Å². The molecule has 342 valence electrons. The van der Waals surface area contributed by atoms with Gasteiger partial charge in [-0.25, -0.2) is 0 Å². The number of hydrogen-bond donors (Lipinski definition) is 0. The maximum atomic E-state index is 9.81. The predicted octanol–water partition coefficient (Wildman–Crippen LogP) is 16.2. The van der Waals surface area contributed by atoms with Gasteiger partial charge in [-0.1, -0.05) is 173 Å². The first-order valence-corrected chi connectivity index (χ1v) is 24.5. The Morgan fingerprint density at radius 2 is 1.14 bits per heavy atom. The highest BCUT2D eigenvalue weighted by atomic mass is 16.5. The molecule has 0 fully saturated rings. The molecule has 3 aliphatic heterocycles. The van der Waals surface area contributed by atoms with Crippen LogP contribution in [0.15, 0.2) is 158 Å². The number of para-hydroxylation sites is 1. The molecule has 5 heterocycles. The second-order valence-corrected chi connectivity index (χ2v) is 21.4. The number of rotatable bonds is 8. The third-order valence-electron chi connectivity index (χ3n) is 15.0. The Kier molecular flexibility index (Phi) is 8.73. The summed E-state index contributed by atoms with van der Waals surface area (Å²) >= 11 is 0. The lowest BCUT2D eigenvalue weighted by molar-refractivity contribution is -0.997. The molecule has 0 aliphatic carbocycles. The molecule has 0 saturated carbocycles. The van der Waals surface area contributed by atoms with Crippen molar-refractivity contribution in [1.29, 1.82) is 0 Å². The highest BCUT2D eigenvalue weighted by molar-refractivity contribution is 5.98. The third kappa shape index (κ3) is 6.33. The van der Waals surface area contributed by atoms with Crippen LogP contribution < -0.4 is 13.9 Å². The van der Waals surface area contributed by atoms with Gasteiger partial charge in [-0.15, -0.1) is 9.13 Å². The number of hydrogen-bond acceptors (Lipinski definition) is 1. The van der Waals surface area contributed by atoms with Crippen LogP contribution in [0.25, 0.3) is 83.9 Å². The van der Waals surface area contributed by atoms with Crippen molar-refractivity contribution in [1.82, 2.24) is 4.57 Å². The SMILES string of the molecule is [2H]C(C)(C)c1cc2c(c(C([2H])(C)C)c1)OC13c4c(cc(C(C)(C)C)cc4-c4cc(-c5ccc(-c6ccccc6)cc5)cc[n+]41)-c1cccc4c1[n+]3c-2n4-c1ccc(-c2c(C([2H])(C)C)cccc2C([2H])(C)C)cc1. The van der Waals surface area contributed by atoms with Crippen LogP contribution in [0.5, 0.6) is 5.75 Å². The summed E-state index contributed by atoms with van der Waals surface area (Å²) in [5.41, 5.74) is 20.0. The largest absolute Gasteiger partial charge is 0.499 e. The normalized spacial score (nSPS) is 16.7. The molecule has 3 aliphatic rings. The van der Waals surface area contributed by atoms with Gasteiger partial charge in [0, 0.05) is 28.7 Å². The van der Waals surface area contributed by atoms with Gasteiger partial charge in [0.1, 0.15) is 16.8 Å². The van der Waals surface area contributed by atoms with Crippen LogP contribution in [-0.4, -0.2) is 4.57 Å². The van der Waals surface area contributed by atoms with Crippen molar-refractivity contribution < 1.29 is 19.4 Å². The molecule has 12 rings (SSSR count). The molecule has 0 N–H and O–H groups in total. The second-order valence-electron chi connectivity index (χ2n) is 21.4. The fourth-order valence-corrected chi connectivity index (χ4v) is 11.4. The maximum absolute atomic E-state index is 9.81. The number of benzene rings is 7. The van der Waals surface area contributed by atoms with Gasteiger partial charge in [0.25, 0.3) is 0 Å². The molecule has 9 aromatic rings. The van der Waals surface area contributed by atoms with E-state index in [1.165, 1.54) is 16.7 Å². The first kappa shape index (κ1) is 38.9. The van der Waals surface area contributed by atoms with E-state index in [1.54, 1.807) is 0 Å². The number of nitrogens with zero attached hydrogens (tertiary/aromatic N) is 3. The van der Waals surface area contributed by atoms with E-state index in [-0.39, 0.29) is 5.41 Å². The van der Waals surface area contributed by atoms with Crippen LogP contribution in [0.1, 0.15) is 139 Å². The Hall–Kier alpha value is -7.04. The topological polar surface area (TPSA) is 21.9 Å². The first-order valence-electron chi connectivity index (χ1n) is 26.5. The van der Waals surface area contributed by atoms with Crippen LogP contribution in [0, 0.1) is 0 Å². The zero-order valence-electron chi connectivity index (χ0n) is 45.8. The van der Waals surface area contributed by atoms with Gasteiger partial charge in [-0.05, 0) is 133 Å². The second kappa shape index (κ2) is 15.5. The minimum absolute atomic E-state index is 0.179. The molecule has 0 amide bonds. The molecular formula is C65H63N3O+2. The van der Waals surface area contributed by atoms with Gasteiger partial charge in [-0.2, -0.15) is 4.57 Å². The molecular weight excluding hydrogens is 839 g/mol. The predicted molar refractivity (Wildman–Crippen MR) is 284 cm³/mol. The van der Waals surface area contributed by atoms with Gasteiger partial charge in [0.05, 0.1) is 5.56 Å². The lowest BCUT2D eigenvalue weighted by atomic mass is 9.80.